The number of ether oxygens (including phenoxy) is 1. The molecule has 9 nitrogen and oxygen atoms in total. The molecular formula is C24H26N4O5S. The molecule has 0 aliphatic heterocycles. The number of sulfonamides is 1. The number of carbonyl (C=O) groups excluding carboxylic acids is 2. The Morgan fingerprint density at radius 2 is 1.74 bits per heavy atom. The molecule has 0 spiro atoms. The van der Waals surface area contributed by atoms with Crippen molar-refractivity contribution in [1.82, 2.24) is 14.6 Å². The van der Waals surface area contributed by atoms with E-state index in [4.69, 9.17) is 4.74 Å². The molecule has 3 aromatic rings. The lowest BCUT2D eigenvalue weighted by atomic mass is 10.1. The zero-order chi connectivity index (χ0) is 24.6. The fourth-order valence-electron chi connectivity index (χ4n) is 3.05. The van der Waals surface area contributed by atoms with E-state index >= 15 is 0 Å². The van der Waals surface area contributed by atoms with E-state index in [1.807, 2.05) is 13.8 Å². The Hall–Kier alpha value is -3.76. The molecule has 3 rings (SSSR count). The first-order valence-corrected chi connectivity index (χ1v) is 12.2. The van der Waals surface area contributed by atoms with Crippen molar-refractivity contribution >= 4 is 27.7 Å². The van der Waals surface area contributed by atoms with Crippen LogP contribution in [0.25, 0.3) is 0 Å². The zero-order valence-electron chi connectivity index (χ0n) is 18.9. The summed E-state index contributed by atoms with van der Waals surface area (Å²) in [7, 11) is -3.70. The van der Waals surface area contributed by atoms with Gasteiger partial charge in [-0.25, -0.2) is 17.9 Å². The molecule has 0 radical (unpaired) electrons. The van der Waals surface area contributed by atoms with Gasteiger partial charge < -0.3 is 15.0 Å². The minimum Gasteiger partial charge on any atom is -0.410 e. The molecule has 0 fully saturated rings. The lowest BCUT2D eigenvalue weighted by molar-refractivity contribution is 0.102. The van der Waals surface area contributed by atoms with Crippen LogP contribution in [-0.4, -0.2) is 43.4 Å². The molecule has 0 bridgehead atoms. The summed E-state index contributed by atoms with van der Waals surface area (Å²) in [6.45, 7) is 4.86. The van der Waals surface area contributed by atoms with Crippen LogP contribution in [0.15, 0.2) is 78.0 Å². The molecule has 0 aliphatic rings. The van der Waals surface area contributed by atoms with E-state index in [-0.39, 0.29) is 17.3 Å². The summed E-state index contributed by atoms with van der Waals surface area (Å²) in [5.74, 6) is -0.00828. The summed E-state index contributed by atoms with van der Waals surface area (Å²) >= 11 is 0. The highest BCUT2D eigenvalue weighted by molar-refractivity contribution is 7.89. The molecule has 2 N–H and O–H groups in total. The van der Waals surface area contributed by atoms with Gasteiger partial charge in [-0.05, 0) is 67.9 Å². The Morgan fingerprint density at radius 1 is 1.00 bits per heavy atom. The van der Waals surface area contributed by atoms with E-state index < -0.39 is 16.1 Å². The summed E-state index contributed by atoms with van der Waals surface area (Å²) in [5, 5.41) is 2.78. The zero-order valence-corrected chi connectivity index (χ0v) is 19.7. The van der Waals surface area contributed by atoms with E-state index in [0.29, 0.717) is 35.7 Å². The third-order valence-corrected chi connectivity index (χ3v) is 6.33. The summed E-state index contributed by atoms with van der Waals surface area (Å²) in [5.41, 5.74) is 1.56. The van der Waals surface area contributed by atoms with Gasteiger partial charge in [0.25, 0.3) is 5.91 Å². The molecule has 0 saturated carbocycles. The Bertz CT molecular complexity index is 1230. The van der Waals surface area contributed by atoms with Crippen LogP contribution in [0, 0.1) is 0 Å². The number of nitrogens with one attached hydrogen (secondary N) is 2. The van der Waals surface area contributed by atoms with E-state index in [0.717, 1.165) is 0 Å². The monoisotopic (exact) mass is 482 g/mol. The van der Waals surface area contributed by atoms with Crippen LogP contribution in [0.2, 0.25) is 0 Å². The van der Waals surface area contributed by atoms with Crippen LogP contribution in [0.4, 0.5) is 10.5 Å². The minimum absolute atomic E-state index is 0.0491. The molecule has 2 amide bonds. The van der Waals surface area contributed by atoms with Crippen molar-refractivity contribution in [3.05, 3.63) is 84.2 Å². The minimum atomic E-state index is -3.70. The summed E-state index contributed by atoms with van der Waals surface area (Å²) < 4.78 is 32.6. The van der Waals surface area contributed by atoms with Gasteiger partial charge in [0.2, 0.25) is 10.0 Å². The molecule has 0 atom stereocenters. The van der Waals surface area contributed by atoms with E-state index in [9.17, 15) is 18.0 Å². The smallest absolute Gasteiger partial charge is 0.410 e. The van der Waals surface area contributed by atoms with Gasteiger partial charge in [-0.15, -0.1) is 0 Å². The summed E-state index contributed by atoms with van der Waals surface area (Å²) in [6.07, 6.45) is 2.32. The fraction of sp³-hybridized carbons (Fsp3) is 0.208. The van der Waals surface area contributed by atoms with E-state index in [2.05, 4.69) is 15.0 Å². The molecule has 0 unspecified atom stereocenters. The van der Waals surface area contributed by atoms with Gasteiger partial charge >= 0.3 is 6.09 Å². The average molecular weight is 483 g/mol. The fourth-order valence-corrected chi connectivity index (χ4v) is 4.03. The number of hydrogen-bond donors (Lipinski definition) is 2. The van der Waals surface area contributed by atoms with E-state index in [1.165, 1.54) is 18.5 Å². The number of pyridine rings is 1. The number of nitrogens with zero attached hydrogens (tertiary/aromatic N) is 2. The Morgan fingerprint density at radius 3 is 2.38 bits per heavy atom. The predicted octanol–water partition coefficient (Wildman–Crippen LogP) is 3.65. The average Bonchev–Trinajstić information content (AvgIpc) is 2.85. The number of benzene rings is 2. The van der Waals surface area contributed by atoms with Crippen molar-refractivity contribution in [1.29, 1.82) is 0 Å². The molecule has 1 heterocycles. The summed E-state index contributed by atoms with van der Waals surface area (Å²) in [6, 6.07) is 16.1. The van der Waals surface area contributed by atoms with Crippen LogP contribution in [0.3, 0.4) is 0 Å². The first-order valence-electron chi connectivity index (χ1n) is 10.7. The van der Waals surface area contributed by atoms with Gasteiger partial charge in [-0.1, -0.05) is 12.1 Å². The number of amides is 2. The first kappa shape index (κ1) is 24.9. The second-order valence-electron chi connectivity index (χ2n) is 7.23. The van der Waals surface area contributed by atoms with Crippen LogP contribution in [0.1, 0.15) is 29.8 Å². The van der Waals surface area contributed by atoms with Crippen LogP contribution < -0.4 is 14.8 Å². The molecule has 0 aliphatic carbocycles. The predicted molar refractivity (Wildman–Crippen MR) is 128 cm³/mol. The van der Waals surface area contributed by atoms with Crippen molar-refractivity contribution in [3.63, 3.8) is 0 Å². The van der Waals surface area contributed by atoms with Crippen molar-refractivity contribution in [2.45, 2.75) is 25.3 Å². The Balaban J connectivity index is 1.60. The van der Waals surface area contributed by atoms with Crippen LogP contribution >= 0.6 is 0 Å². The first-order chi connectivity index (χ1) is 16.3. The molecule has 10 heteroatoms. The number of hydrogen-bond acceptors (Lipinski definition) is 6. The number of anilines is 1. The van der Waals surface area contributed by atoms with Crippen LogP contribution in [0.5, 0.6) is 5.75 Å². The standard InChI is InChI=1S/C24H26N4O5S/c1-3-28(4-2)24(30)33-21-12-10-19(11-13-21)23(29)27-20-8-5-7-18(15-20)16-26-34(31,32)22-9-6-14-25-17-22/h5-15,17,26H,3-4,16H2,1-2H3,(H,27,29). The topological polar surface area (TPSA) is 118 Å². The maximum atomic E-state index is 12.6. The maximum Gasteiger partial charge on any atom is 0.415 e. The molecule has 2 aromatic carbocycles. The number of rotatable bonds is 9. The molecule has 1 aromatic heterocycles. The molecule has 0 saturated heterocycles. The Labute approximate surface area is 198 Å². The largest absolute Gasteiger partial charge is 0.415 e. The highest BCUT2D eigenvalue weighted by Crippen LogP contribution is 2.17. The lowest BCUT2D eigenvalue weighted by Crippen LogP contribution is -2.33. The molecule has 178 valence electrons. The van der Waals surface area contributed by atoms with Gasteiger partial charge in [0.15, 0.2) is 0 Å². The van der Waals surface area contributed by atoms with Crippen molar-refractivity contribution < 1.29 is 22.7 Å². The van der Waals surface area contributed by atoms with Crippen molar-refractivity contribution in [3.8, 4) is 5.75 Å². The number of carbonyl (C=O) groups is 2. The highest BCUT2D eigenvalue weighted by atomic mass is 32.2. The van der Waals surface area contributed by atoms with Gasteiger partial charge in [0.1, 0.15) is 10.6 Å². The maximum absolute atomic E-state index is 12.6. The third kappa shape index (κ3) is 6.63. The van der Waals surface area contributed by atoms with Gasteiger partial charge in [-0.2, -0.15) is 0 Å². The SMILES string of the molecule is CCN(CC)C(=O)Oc1ccc(C(=O)Nc2cccc(CNS(=O)(=O)c3cccnc3)c2)cc1. The second kappa shape index (κ2) is 11.4. The molecule has 34 heavy (non-hydrogen) atoms. The summed E-state index contributed by atoms with van der Waals surface area (Å²) in [4.78, 5) is 30.1. The van der Waals surface area contributed by atoms with Gasteiger partial charge in [0.05, 0.1) is 0 Å². The van der Waals surface area contributed by atoms with Gasteiger partial charge in [0, 0.05) is 43.3 Å². The van der Waals surface area contributed by atoms with Crippen LogP contribution in [-0.2, 0) is 16.6 Å². The second-order valence-corrected chi connectivity index (χ2v) is 9.00. The highest BCUT2D eigenvalue weighted by Gasteiger charge is 2.15. The quantitative estimate of drug-likeness (QED) is 0.481. The van der Waals surface area contributed by atoms with E-state index in [1.54, 1.807) is 59.5 Å². The van der Waals surface area contributed by atoms with Crippen molar-refractivity contribution in [2.24, 2.45) is 0 Å². The normalized spacial score (nSPS) is 11.0. The number of aromatic nitrogens is 1. The lowest BCUT2D eigenvalue weighted by Gasteiger charge is -2.17. The molecular weight excluding hydrogens is 456 g/mol. The van der Waals surface area contributed by atoms with Gasteiger partial charge in [-0.3, -0.25) is 9.78 Å². The Kier molecular flexibility index (Phi) is 8.34. The van der Waals surface area contributed by atoms with Crippen molar-refractivity contribution in [2.75, 3.05) is 18.4 Å². The third-order valence-electron chi connectivity index (χ3n) is 4.94.